The van der Waals surface area contributed by atoms with Gasteiger partial charge in [-0.1, -0.05) is 19.8 Å². The number of rotatable bonds is 7. The van der Waals surface area contributed by atoms with Crippen molar-refractivity contribution in [1.82, 2.24) is 15.1 Å². The van der Waals surface area contributed by atoms with Gasteiger partial charge in [0.2, 0.25) is 0 Å². The molecule has 0 bridgehead atoms. The van der Waals surface area contributed by atoms with Gasteiger partial charge in [-0.3, -0.25) is 4.90 Å². The molecule has 0 aromatic heterocycles. The van der Waals surface area contributed by atoms with Crippen molar-refractivity contribution in [3.8, 4) is 0 Å². The molecule has 0 aromatic carbocycles. The van der Waals surface area contributed by atoms with Crippen molar-refractivity contribution in [2.75, 3.05) is 46.3 Å². The van der Waals surface area contributed by atoms with E-state index in [9.17, 15) is 0 Å². The topological polar surface area (TPSA) is 18.5 Å². The van der Waals surface area contributed by atoms with Gasteiger partial charge in [0.15, 0.2) is 0 Å². The number of hydrogen-bond donors (Lipinski definition) is 1. The molecular weight excluding hydrogens is 198 g/mol. The standard InChI is InChI=1S/C13H29N3/c1-4-5-6-9-15(3)12-13(2)16-10-7-14-8-11-16/h13-14H,4-12H2,1-3H3. The first-order chi connectivity index (χ1) is 7.74. The fraction of sp³-hybridized carbons (Fsp3) is 1.00. The van der Waals surface area contributed by atoms with Crippen molar-refractivity contribution in [3.63, 3.8) is 0 Å². The molecule has 1 aliphatic rings. The molecule has 0 radical (unpaired) electrons. The predicted molar refractivity (Wildman–Crippen MR) is 70.9 cm³/mol. The van der Waals surface area contributed by atoms with E-state index in [-0.39, 0.29) is 0 Å². The van der Waals surface area contributed by atoms with Crippen molar-refractivity contribution >= 4 is 0 Å². The van der Waals surface area contributed by atoms with Crippen molar-refractivity contribution in [2.24, 2.45) is 0 Å². The molecule has 1 N–H and O–H groups in total. The lowest BCUT2D eigenvalue weighted by Crippen LogP contribution is -2.50. The zero-order chi connectivity index (χ0) is 11.8. The molecule has 1 unspecified atom stereocenters. The van der Waals surface area contributed by atoms with Crippen LogP contribution in [0, 0.1) is 0 Å². The highest BCUT2D eigenvalue weighted by molar-refractivity contribution is 4.75. The van der Waals surface area contributed by atoms with Gasteiger partial charge in [0.25, 0.3) is 0 Å². The van der Waals surface area contributed by atoms with Crippen LogP contribution >= 0.6 is 0 Å². The first kappa shape index (κ1) is 13.9. The minimum absolute atomic E-state index is 0.703. The molecule has 16 heavy (non-hydrogen) atoms. The average Bonchev–Trinajstić information content (AvgIpc) is 2.30. The third-order valence-corrected chi connectivity index (χ3v) is 3.49. The van der Waals surface area contributed by atoms with Crippen LogP contribution in [0.5, 0.6) is 0 Å². The predicted octanol–water partition coefficient (Wildman–Crippen LogP) is 1.40. The summed E-state index contributed by atoms with van der Waals surface area (Å²) in [7, 11) is 2.26. The zero-order valence-corrected chi connectivity index (χ0v) is 11.3. The smallest absolute Gasteiger partial charge is 0.0195 e. The van der Waals surface area contributed by atoms with E-state index in [1.807, 2.05) is 0 Å². The lowest BCUT2D eigenvalue weighted by Gasteiger charge is -2.35. The van der Waals surface area contributed by atoms with Crippen LogP contribution in [0.4, 0.5) is 0 Å². The van der Waals surface area contributed by atoms with Gasteiger partial charge in [-0.05, 0) is 26.9 Å². The van der Waals surface area contributed by atoms with Crippen LogP contribution in [0.15, 0.2) is 0 Å². The second-order valence-corrected chi connectivity index (χ2v) is 5.10. The summed E-state index contributed by atoms with van der Waals surface area (Å²) in [4.78, 5) is 5.09. The van der Waals surface area contributed by atoms with Gasteiger partial charge < -0.3 is 10.2 Å². The van der Waals surface area contributed by atoms with Crippen LogP contribution in [-0.4, -0.2) is 62.2 Å². The highest BCUT2D eigenvalue weighted by atomic mass is 15.2. The number of nitrogens with one attached hydrogen (secondary N) is 1. The SMILES string of the molecule is CCCCCN(C)CC(C)N1CCNCC1. The van der Waals surface area contributed by atoms with Crippen molar-refractivity contribution < 1.29 is 0 Å². The molecule has 1 atom stereocenters. The first-order valence-electron chi connectivity index (χ1n) is 6.87. The van der Waals surface area contributed by atoms with E-state index in [1.165, 1.54) is 45.4 Å². The lowest BCUT2D eigenvalue weighted by molar-refractivity contribution is 0.145. The summed E-state index contributed by atoms with van der Waals surface area (Å²) >= 11 is 0. The van der Waals surface area contributed by atoms with Crippen molar-refractivity contribution in [3.05, 3.63) is 0 Å². The molecule has 1 rings (SSSR count). The minimum atomic E-state index is 0.703. The molecule has 0 amide bonds. The van der Waals surface area contributed by atoms with E-state index in [4.69, 9.17) is 0 Å². The normalized spacial score (nSPS) is 20.2. The minimum Gasteiger partial charge on any atom is -0.314 e. The summed E-state index contributed by atoms with van der Waals surface area (Å²) in [6, 6.07) is 0.703. The summed E-state index contributed by atoms with van der Waals surface area (Å²) in [5, 5.41) is 3.41. The van der Waals surface area contributed by atoms with E-state index in [0.717, 1.165) is 13.1 Å². The molecule has 96 valence electrons. The van der Waals surface area contributed by atoms with Gasteiger partial charge in [-0.15, -0.1) is 0 Å². The molecule has 1 heterocycles. The van der Waals surface area contributed by atoms with Crippen LogP contribution < -0.4 is 5.32 Å². The molecule has 1 saturated heterocycles. The van der Waals surface area contributed by atoms with Crippen LogP contribution in [0.2, 0.25) is 0 Å². The Morgan fingerprint density at radius 1 is 1.25 bits per heavy atom. The van der Waals surface area contributed by atoms with E-state index < -0.39 is 0 Å². The largest absolute Gasteiger partial charge is 0.314 e. The fourth-order valence-corrected chi connectivity index (χ4v) is 2.41. The van der Waals surface area contributed by atoms with Gasteiger partial charge in [0.05, 0.1) is 0 Å². The van der Waals surface area contributed by atoms with E-state index in [2.05, 4.69) is 36.0 Å². The second-order valence-electron chi connectivity index (χ2n) is 5.10. The fourth-order valence-electron chi connectivity index (χ4n) is 2.41. The molecule has 0 spiro atoms. The zero-order valence-electron chi connectivity index (χ0n) is 11.3. The van der Waals surface area contributed by atoms with Crippen LogP contribution in [0.25, 0.3) is 0 Å². The summed E-state index contributed by atoms with van der Waals surface area (Å²) in [6.07, 6.45) is 4.04. The summed E-state index contributed by atoms with van der Waals surface area (Å²) in [5.74, 6) is 0. The molecule has 1 fully saturated rings. The molecule has 1 aliphatic heterocycles. The van der Waals surface area contributed by atoms with E-state index >= 15 is 0 Å². The molecule has 0 aromatic rings. The van der Waals surface area contributed by atoms with Gasteiger partial charge in [-0.25, -0.2) is 0 Å². The Morgan fingerprint density at radius 2 is 1.94 bits per heavy atom. The highest BCUT2D eigenvalue weighted by Crippen LogP contribution is 2.04. The summed E-state index contributed by atoms with van der Waals surface area (Å²) in [6.45, 7) is 11.8. The van der Waals surface area contributed by atoms with Crippen molar-refractivity contribution in [2.45, 2.75) is 39.2 Å². The van der Waals surface area contributed by atoms with E-state index in [0.29, 0.717) is 6.04 Å². The Labute approximate surface area is 101 Å². The maximum absolute atomic E-state index is 3.41. The Balaban J connectivity index is 2.13. The third kappa shape index (κ3) is 5.28. The average molecular weight is 227 g/mol. The van der Waals surface area contributed by atoms with Crippen LogP contribution in [0.1, 0.15) is 33.1 Å². The maximum Gasteiger partial charge on any atom is 0.0195 e. The number of hydrogen-bond acceptors (Lipinski definition) is 3. The summed E-state index contributed by atoms with van der Waals surface area (Å²) < 4.78 is 0. The van der Waals surface area contributed by atoms with Gasteiger partial charge >= 0.3 is 0 Å². The number of piperazine rings is 1. The number of nitrogens with zero attached hydrogens (tertiary/aromatic N) is 2. The monoisotopic (exact) mass is 227 g/mol. The van der Waals surface area contributed by atoms with E-state index in [1.54, 1.807) is 0 Å². The van der Waals surface area contributed by atoms with Gasteiger partial charge in [-0.2, -0.15) is 0 Å². The second kappa shape index (κ2) is 8.04. The molecule has 3 nitrogen and oxygen atoms in total. The molecule has 3 heteroatoms. The quantitative estimate of drug-likeness (QED) is 0.663. The van der Waals surface area contributed by atoms with Crippen LogP contribution in [0.3, 0.4) is 0 Å². The molecule has 0 saturated carbocycles. The Hall–Kier alpha value is -0.120. The third-order valence-electron chi connectivity index (χ3n) is 3.49. The van der Waals surface area contributed by atoms with Crippen LogP contribution in [-0.2, 0) is 0 Å². The summed E-state index contributed by atoms with van der Waals surface area (Å²) in [5.41, 5.74) is 0. The van der Waals surface area contributed by atoms with Gasteiger partial charge in [0, 0.05) is 38.8 Å². The Bertz CT molecular complexity index is 167. The Morgan fingerprint density at radius 3 is 2.56 bits per heavy atom. The van der Waals surface area contributed by atoms with Gasteiger partial charge in [0.1, 0.15) is 0 Å². The molecular formula is C13H29N3. The molecule has 0 aliphatic carbocycles. The highest BCUT2D eigenvalue weighted by Gasteiger charge is 2.17. The number of unbranched alkanes of at least 4 members (excludes halogenated alkanes) is 2. The maximum atomic E-state index is 3.41. The first-order valence-corrected chi connectivity index (χ1v) is 6.87. The lowest BCUT2D eigenvalue weighted by atomic mass is 10.2. The number of likely N-dealkylation sites (N-methyl/N-ethyl adjacent to an activating group) is 1. The Kier molecular flexibility index (Phi) is 7.01. The van der Waals surface area contributed by atoms with Crippen molar-refractivity contribution in [1.29, 1.82) is 0 Å².